The van der Waals surface area contributed by atoms with Crippen molar-refractivity contribution in [1.82, 2.24) is 15.5 Å². The predicted molar refractivity (Wildman–Crippen MR) is 161 cm³/mol. The summed E-state index contributed by atoms with van der Waals surface area (Å²) < 4.78 is 6.83. The fraction of sp³-hybridized carbons (Fsp3) is 0.400. The van der Waals surface area contributed by atoms with Gasteiger partial charge in [-0.2, -0.15) is 0 Å². The van der Waals surface area contributed by atoms with Gasteiger partial charge in [0.15, 0.2) is 0 Å². The first-order valence-electron chi connectivity index (χ1n) is 15.1. The Bertz CT molecular complexity index is 1470. The number of nitrogens with one attached hydrogen (secondary N) is 2. The van der Waals surface area contributed by atoms with E-state index < -0.39 is 35.1 Å². The highest BCUT2D eigenvalue weighted by molar-refractivity contribution is 5.99. The van der Waals surface area contributed by atoms with Crippen LogP contribution in [0.15, 0.2) is 91.0 Å². The summed E-state index contributed by atoms with van der Waals surface area (Å²) in [6.07, 6.45) is 0.831. The average molecular weight is 582 g/mol. The Hall–Kier alpha value is -4.01. The molecule has 0 radical (unpaired) electrons. The number of amides is 3. The largest absolute Gasteiger partial charge is 0.394 e. The van der Waals surface area contributed by atoms with Crippen LogP contribution in [0.2, 0.25) is 0 Å². The number of rotatable bonds is 10. The van der Waals surface area contributed by atoms with Gasteiger partial charge >= 0.3 is 0 Å². The molecule has 3 aliphatic heterocycles. The average Bonchev–Trinajstić information content (AvgIpc) is 3.55. The molecule has 0 aliphatic carbocycles. The zero-order valence-corrected chi connectivity index (χ0v) is 24.6. The molecule has 2 bridgehead atoms. The first-order chi connectivity index (χ1) is 20.8. The molecule has 3 unspecified atom stereocenters. The third-order valence-corrected chi connectivity index (χ3v) is 9.82. The molecule has 3 amide bonds. The van der Waals surface area contributed by atoms with Crippen molar-refractivity contribution >= 4 is 17.7 Å². The van der Waals surface area contributed by atoms with Crippen molar-refractivity contribution in [3.8, 4) is 0 Å². The summed E-state index contributed by atoms with van der Waals surface area (Å²) in [7, 11) is 0. The van der Waals surface area contributed by atoms with Crippen LogP contribution in [0.5, 0.6) is 0 Å². The second-order valence-electron chi connectivity index (χ2n) is 12.4. The Labute approximate surface area is 252 Å². The summed E-state index contributed by atoms with van der Waals surface area (Å²) >= 11 is 0. The summed E-state index contributed by atoms with van der Waals surface area (Å²) in [6, 6.07) is 27.2. The van der Waals surface area contributed by atoms with Gasteiger partial charge in [-0.1, -0.05) is 97.9 Å². The Balaban J connectivity index is 1.35. The van der Waals surface area contributed by atoms with Crippen molar-refractivity contribution in [3.05, 3.63) is 108 Å². The molecule has 8 nitrogen and oxygen atoms in total. The van der Waals surface area contributed by atoms with Crippen LogP contribution in [0, 0.1) is 17.8 Å². The van der Waals surface area contributed by atoms with Gasteiger partial charge in [-0.25, -0.2) is 0 Å². The molecule has 3 aliphatic rings. The lowest BCUT2D eigenvalue weighted by Gasteiger charge is -2.37. The van der Waals surface area contributed by atoms with Gasteiger partial charge in [-0.15, -0.1) is 0 Å². The molecule has 3 saturated heterocycles. The number of benzene rings is 3. The fourth-order valence-corrected chi connectivity index (χ4v) is 7.68. The molecule has 0 aromatic heterocycles. The summed E-state index contributed by atoms with van der Waals surface area (Å²) in [5.74, 6) is -2.61. The number of fused-ring (bicyclic) bond motifs is 1. The van der Waals surface area contributed by atoms with E-state index in [-0.39, 0.29) is 36.8 Å². The second-order valence-corrected chi connectivity index (χ2v) is 12.4. The first-order valence-corrected chi connectivity index (χ1v) is 15.1. The Kier molecular flexibility index (Phi) is 7.83. The highest BCUT2D eigenvalue weighted by atomic mass is 16.5. The number of aliphatic hydroxyl groups excluding tert-OH is 1. The maximum atomic E-state index is 14.6. The van der Waals surface area contributed by atoms with Crippen molar-refractivity contribution in [2.45, 2.75) is 63.1 Å². The first kappa shape index (κ1) is 29.1. The number of likely N-dealkylation sites (tertiary alicyclic amines) is 1. The number of ether oxygens (including phenoxy) is 1. The standard InChI is InChI=1S/C35H39N3O5/c1-23-19-35-29(28(34(23,2)43-35)31(40)36-20-25-14-8-4-9-15-25)33(42)38(27(22-39)18-24-12-6-3-7-13-24)30(35)32(41)37-21-26-16-10-5-11-17-26/h3-17,23,27-30,39H,18-22H2,1-2H3,(H,36,40)(H,37,41)/t23?,27-,28+,29+,30?,34-,35?/m1/s1. The molecule has 3 heterocycles. The van der Waals surface area contributed by atoms with Gasteiger partial charge < -0.3 is 25.4 Å². The maximum Gasteiger partial charge on any atom is 0.246 e. The van der Waals surface area contributed by atoms with Gasteiger partial charge in [0.05, 0.1) is 30.1 Å². The third kappa shape index (κ3) is 5.02. The molecule has 7 atom stereocenters. The van der Waals surface area contributed by atoms with E-state index in [1.807, 2.05) is 105 Å². The van der Waals surface area contributed by atoms with Gasteiger partial charge in [0, 0.05) is 13.1 Å². The third-order valence-electron chi connectivity index (χ3n) is 9.82. The smallest absolute Gasteiger partial charge is 0.246 e. The van der Waals surface area contributed by atoms with Crippen LogP contribution in [0.25, 0.3) is 0 Å². The molecule has 224 valence electrons. The number of carbonyl (C=O) groups excluding carboxylic acids is 3. The molecule has 8 heteroatoms. The van der Waals surface area contributed by atoms with Gasteiger partial charge in [-0.3, -0.25) is 14.4 Å². The SMILES string of the molecule is CC1CC23O[C@@]1(C)[C@H](C(=O)NCc1ccccc1)[C@H]2C(=O)N([C@@H](CO)Cc1ccccc1)C3C(=O)NCc1ccccc1. The number of hydrogen-bond donors (Lipinski definition) is 3. The number of aliphatic hydroxyl groups is 1. The molecule has 3 aromatic rings. The van der Waals surface area contributed by atoms with E-state index in [0.29, 0.717) is 19.4 Å². The second kappa shape index (κ2) is 11.6. The van der Waals surface area contributed by atoms with Crippen molar-refractivity contribution < 1.29 is 24.2 Å². The van der Waals surface area contributed by atoms with Crippen LogP contribution in [-0.4, -0.2) is 57.6 Å². The lowest BCUT2D eigenvalue weighted by Crippen LogP contribution is -2.58. The molecule has 6 rings (SSSR count). The van der Waals surface area contributed by atoms with Crippen LogP contribution in [0.4, 0.5) is 0 Å². The Morgan fingerprint density at radius 2 is 1.40 bits per heavy atom. The molecule has 3 fully saturated rings. The van der Waals surface area contributed by atoms with E-state index in [1.54, 1.807) is 0 Å². The summed E-state index contributed by atoms with van der Waals surface area (Å²) in [6.45, 7) is 4.22. The van der Waals surface area contributed by atoms with E-state index in [9.17, 15) is 19.5 Å². The predicted octanol–water partition coefficient (Wildman–Crippen LogP) is 3.23. The van der Waals surface area contributed by atoms with Gasteiger partial charge in [0.25, 0.3) is 0 Å². The van der Waals surface area contributed by atoms with Gasteiger partial charge in [0.2, 0.25) is 17.7 Å². The molecule has 43 heavy (non-hydrogen) atoms. The van der Waals surface area contributed by atoms with Crippen molar-refractivity contribution in [2.75, 3.05) is 6.61 Å². The highest BCUT2D eigenvalue weighted by Crippen LogP contribution is 2.65. The van der Waals surface area contributed by atoms with Crippen LogP contribution < -0.4 is 10.6 Å². The molecular weight excluding hydrogens is 542 g/mol. The van der Waals surface area contributed by atoms with E-state index in [2.05, 4.69) is 10.6 Å². The summed E-state index contributed by atoms with van der Waals surface area (Å²) in [4.78, 5) is 44.3. The Morgan fingerprint density at radius 1 is 0.884 bits per heavy atom. The van der Waals surface area contributed by atoms with Crippen LogP contribution >= 0.6 is 0 Å². The van der Waals surface area contributed by atoms with Crippen LogP contribution in [0.3, 0.4) is 0 Å². The van der Waals surface area contributed by atoms with Crippen molar-refractivity contribution in [2.24, 2.45) is 17.8 Å². The normalized spacial score (nSPS) is 29.7. The van der Waals surface area contributed by atoms with E-state index in [0.717, 1.165) is 16.7 Å². The van der Waals surface area contributed by atoms with Crippen molar-refractivity contribution in [1.29, 1.82) is 0 Å². The minimum absolute atomic E-state index is 0.0740. The zero-order valence-electron chi connectivity index (χ0n) is 24.6. The van der Waals surface area contributed by atoms with Gasteiger partial charge in [-0.05, 0) is 42.4 Å². The summed E-state index contributed by atoms with van der Waals surface area (Å²) in [5.41, 5.74) is 0.715. The number of hydrogen-bond acceptors (Lipinski definition) is 5. The maximum absolute atomic E-state index is 14.6. The van der Waals surface area contributed by atoms with E-state index in [4.69, 9.17) is 4.74 Å². The molecule has 1 spiro atoms. The number of nitrogens with zero attached hydrogens (tertiary/aromatic N) is 1. The quantitative estimate of drug-likeness (QED) is 0.341. The molecule has 0 saturated carbocycles. The molecular formula is C35H39N3O5. The minimum atomic E-state index is -1.19. The minimum Gasteiger partial charge on any atom is -0.394 e. The van der Waals surface area contributed by atoms with Crippen LogP contribution in [0.1, 0.15) is 37.0 Å². The number of carbonyl (C=O) groups is 3. The monoisotopic (exact) mass is 581 g/mol. The van der Waals surface area contributed by atoms with Gasteiger partial charge in [0.1, 0.15) is 11.6 Å². The lowest BCUT2D eigenvalue weighted by molar-refractivity contribution is -0.151. The summed E-state index contributed by atoms with van der Waals surface area (Å²) in [5, 5.41) is 16.7. The zero-order chi connectivity index (χ0) is 30.2. The molecule has 3 N–H and O–H groups in total. The van der Waals surface area contributed by atoms with E-state index >= 15 is 0 Å². The Morgan fingerprint density at radius 3 is 1.93 bits per heavy atom. The topological polar surface area (TPSA) is 108 Å². The lowest BCUT2D eigenvalue weighted by atomic mass is 9.62. The van der Waals surface area contributed by atoms with E-state index in [1.165, 1.54) is 4.90 Å². The highest BCUT2D eigenvalue weighted by Gasteiger charge is 2.80. The fourth-order valence-electron chi connectivity index (χ4n) is 7.68. The molecule has 3 aromatic carbocycles. The van der Waals surface area contributed by atoms with Crippen LogP contribution in [-0.2, 0) is 38.6 Å². The van der Waals surface area contributed by atoms with Crippen molar-refractivity contribution in [3.63, 3.8) is 0 Å².